The fourth-order valence-electron chi connectivity index (χ4n) is 1.43. The normalized spacial score (nSPS) is 21.2. The van der Waals surface area contributed by atoms with Crippen LogP contribution in [0.4, 0.5) is 0 Å². The first-order chi connectivity index (χ1) is 5.58. The minimum absolute atomic E-state index is 0.803. The standard InChI is InChI=1S/C9H22N2Si/c1-12(2,3)9-8-11-6-4-10-5-7-11/h10H,4-9H2,1-3H3. The van der Waals surface area contributed by atoms with Crippen LogP contribution in [0.15, 0.2) is 0 Å². The Bertz CT molecular complexity index is 125. The third kappa shape index (κ3) is 4.23. The maximum absolute atomic E-state index is 3.38. The summed E-state index contributed by atoms with van der Waals surface area (Å²) < 4.78 is 0. The molecule has 0 saturated carbocycles. The highest BCUT2D eigenvalue weighted by atomic mass is 28.3. The Morgan fingerprint density at radius 2 is 1.75 bits per heavy atom. The van der Waals surface area contributed by atoms with Gasteiger partial charge in [0.05, 0.1) is 0 Å². The van der Waals surface area contributed by atoms with Gasteiger partial charge in [0.1, 0.15) is 0 Å². The summed E-state index contributed by atoms with van der Waals surface area (Å²) in [5.41, 5.74) is 0. The predicted molar refractivity (Wildman–Crippen MR) is 57.5 cm³/mol. The molecule has 0 unspecified atom stereocenters. The van der Waals surface area contributed by atoms with Gasteiger partial charge in [0.15, 0.2) is 0 Å². The molecule has 1 fully saturated rings. The predicted octanol–water partition coefficient (Wildman–Crippen LogP) is 1.23. The van der Waals surface area contributed by atoms with Crippen molar-refractivity contribution in [2.45, 2.75) is 25.7 Å². The van der Waals surface area contributed by atoms with E-state index in [-0.39, 0.29) is 0 Å². The zero-order valence-corrected chi connectivity index (χ0v) is 9.69. The van der Waals surface area contributed by atoms with E-state index in [9.17, 15) is 0 Å². The lowest BCUT2D eigenvalue weighted by atomic mass is 10.4. The van der Waals surface area contributed by atoms with Crippen molar-refractivity contribution in [1.82, 2.24) is 10.2 Å². The first kappa shape index (κ1) is 10.2. The molecule has 1 N–H and O–H groups in total. The van der Waals surface area contributed by atoms with Crippen LogP contribution in [0.5, 0.6) is 0 Å². The van der Waals surface area contributed by atoms with E-state index in [2.05, 4.69) is 29.9 Å². The second-order valence-corrected chi connectivity index (χ2v) is 10.5. The van der Waals surface area contributed by atoms with E-state index in [0.29, 0.717) is 0 Å². The smallest absolute Gasteiger partial charge is 0.0455 e. The molecular weight excluding hydrogens is 164 g/mol. The quantitative estimate of drug-likeness (QED) is 0.667. The van der Waals surface area contributed by atoms with Crippen molar-refractivity contribution in [1.29, 1.82) is 0 Å². The molecule has 2 nitrogen and oxygen atoms in total. The molecule has 12 heavy (non-hydrogen) atoms. The lowest BCUT2D eigenvalue weighted by Gasteiger charge is -2.29. The van der Waals surface area contributed by atoms with Gasteiger partial charge in [0, 0.05) is 34.3 Å². The van der Waals surface area contributed by atoms with Crippen LogP contribution in [0.2, 0.25) is 25.7 Å². The van der Waals surface area contributed by atoms with E-state index in [1.807, 2.05) is 0 Å². The molecule has 0 atom stereocenters. The second kappa shape index (κ2) is 4.39. The monoisotopic (exact) mass is 186 g/mol. The van der Waals surface area contributed by atoms with Crippen LogP contribution < -0.4 is 5.32 Å². The van der Waals surface area contributed by atoms with Gasteiger partial charge < -0.3 is 10.2 Å². The fraction of sp³-hybridized carbons (Fsp3) is 1.00. The summed E-state index contributed by atoms with van der Waals surface area (Å²) in [4.78, 5) is 2.59. The fourth-order valence-corrected chi connectivity index (χ4v) is 2.42. The van der Waals surface area contributed by atoms with Crippen molar-refractivity contribution in [3.8, 4) is 0 Å². The van der Waals surface area contributed by atoms with E-state index < -0.39 is 8.07 Å². The zero-order chi connectivity index (χ0) is 9.03. The Kier molecular flexibility index (Phi) is 3.74. The van der Waals surface area contributed by atoms with Crippen LogP contribution in [0, 0.1) is 0 Å². The highest BCUT2D eigenvalue weighted by Crippen LogP contribution is 2.09. The first-order valence-electron chi connectivity index (χ1n) is 5.01. The van der Waals surface area contributed by atoms with E-state index in [0.717, 1.165) is 0 Å². The summed E-state index contributed by atoms with van der Waals surface area (Å²) in [6, 6.07) is 1.45. The molecule has 1 aliphatic heterocycles. The van der Waals surface area contributed by atoms with Crippen molar-refractivity contribution in [3.05, 3.63) is 0 Å². The second-order valence-electron chi connectivity index (χ2n) is 4.90. The number of rotatable bonds is 3. The van der Waals surface area contributed by atoms with Gasteiger partial charge in [-0.05, 0) is 12.6 Å². The maximum atomic E-state index is 3.38. The largest absolute Gasteiger partial charge is 0.314 e. The summed E-state index contributed by atoms with van der Waals surface area (Å²) >= 11 is 0. The van der Waals surface area contributed by atoms with E-state index in [1.165, 1.54) is 38.8 Å². The molecule has 0 aliphatic carbocycles. The van der Waals surface area contributed by atoms with Gasteiger partial charge in [0.2, 0.25) is 0 Å². The van der Waals surface area contributed by atoms with Crippen molar-refractivity contribution in [2.24, 2.45) is 0 Å². The Morgan fingerprint density at radius 1 is 1.17 bits per heavy atom. The molecule has 0 aromatic heterocycles. The van der Waals surface area contributed by atoms with Crippen molar-refractivity contribution >= 4 is 8.07 Å². The molecule has 3 heteroatoms. The summed E-state index contributed by atoms with van der Waals surface area (Å²) in [6.45, 7) is 13.6. The number of hydrogen-bond donors (Lipinski definition) is 1. The van der Waals surface area contributed by atoms with E-state index in [1.54, 1.807) is 0 Å². The summed E-state index contributed by atoms with van der Waals surface area (Å²) in [5.74, 6) is 0. The molecule has 0 radical (unpaired) electrons. The topological polar surface area (TPSA) is 15.3 Å². The van der Waals surface area contributed by atoms with Crippen LogP contribution in [0.3, 0.4) is 0 Å². The third-order valence-electron chi connectivity index (χ3n) is 2.39. The first-order valence-corrected chi connectivity index (χ1v) is 8.72. The highest BCUT2D eigenvalue weighted by Gasteiger charge is 2.16. The highest BCUT2D eigenvalue weighted by molar-refractivity contribution is 6.76. The maximum Gasteiger partial charge on any atom is 0.0455 e. The minimum atomic E-state index is -0.803. The van der Waals surface area contributed by atoms with Crippen molar-refractivity contribution < 1.29 is 0 Å². The Balaban J connectivity index is 2.13. The summed E-state index contributed by atoms with van der Waals surface area (Å²) in [6.07, 6.45) is 0. The number of hydrogen-bond acceptors (Lipinski definition) is 2. The molecule has 0 aromatic carbocycles. The molecule has 0 spiro atoms. The van der Waals surface area contributed by atoms with Gasteiger partial charge in [-0.3, -0.25) is 0 Å². The van der Waals surface area contributed by atoms with Crippen molar-refractivity contribution in [2.75, 3.05) is 32.7 Å². The van der Waals surface area contributed by atoms with Gasteiger partial charge >= 0.3 is 0 Å². The average Bonchev–Trinajstić information content (AvgIpc) is 2.02. The SMILES string of the molecule is C[Si](C)(C)CCN1CCNCC1. The zero-order valence-electron chi connectivity index (χ0n) is 8.69. The molecular formula is C9H22N2Si. The number of nitrogens with one attached hydrogen (secondary N) is 1. The van der Waals surface area contributed by atoms with E-state index in [4.69, 9.17) is 0 Å². The van der Waals surface area contributed by atoms with Crippen molar-refractivity contribution in [3.63, 3.8) is 0 Å². The molecule has 1 rings (SSSR count). The Morgan fingerprint density at radius 3 is 2.25 bits per heavy atom. The Labute approximate surface area is 77.3 Å². The van der Waals surface area contributed by atoms with Crippen LogP contribution in [0.25, 0.3) is 0 Å². The average molecular weight is 186 g/mol. The molecule has 1 saturated heterocycles. The van der Waals surface area contributed by atoms with E-state index >= 15 is 0 Å². The molecule has 1 aliphatic rings. The minimum Gasteiger partial charge on any atom is -0.314 e. The van der Waals surface area contributed by atoms with Crippen LogP contribution in [0.1, 0.15) is 0 Å². The lowest BCUT2D eigenvalue weighted by Crippen LogP contribution is -2.44. The lowest BCUT2D eigenvalue weighted by molar-refractivity contribution is 0.252. The van der Waals surface area contributed by atoms with Gasteiger partial charge in [-0.25, -0.2) is 0 Å². The number of piperazine rings is 1. The Hall–Kier alpha value is 0.137. The molecule has 0 aromatic rings. The van der Waals surface area contributed by atoms with Crippen LogP contribution >= 0.6 is 0 Å². The van der Waals surface area contributed by atoms with Crippen LogP contribution in [-0.4, -0.2) is 45.7 Å². The van der Waals surface area contributed by atoms with Gasteiger partial charge in [-0.15, -0.1) is 0 Å². The molecule has 1 heterocycles. The van der Waals surface area contributed by atoms with Gasteiger partial charge in [-0.2, -0.15) is 0 Å². The molecule has 72 valence electrons. The van der Waals surface area contributed by atoms with Gasteiger partial charge in [0.25, 0.3) is 0 Å². The van der Waals surface area contributed by atoms with Crippen LogP contribution in [-0.2, 0) is 0 Å². The molecule has 0 amide bonds. The van der Waals surface area contributed by atoms with Gasteiger partial charge in [-0.1, -0.05) is 19.6 Å². The summed E-state index contributed by atoms with van der Waals surface area (Å²) in [7, 11) is -0.803. The number of nitrogens with zero attached hydrogens (tertiary/aromatic N) is 1. The molecule has 0 bridgehead atoms. The third-order valence-corrected chi connectivity index (χ3v) is 4.11. The summed E-state index contributed by atoms with van der Waals surface area (Å²) in [5, 5.41) is 3.38.